The highest BCUT2D eigenvalue weighted by Crippen LogP contribution is 2.37. The summed E-state index contributed by atoms with van der Waals surface area (Å²) in [4.78, 5) is 4.72. The lowest BCUT2D eigenvalue weighted by Crippen LogP contribution is -2.21. The van der Waals surface area contributed by atoms with Crippen LogP contribution in [0.3, 0.4) is 0 Å². The van der Waals surface area contributed by atoms with E-state index in [9.17, 15) is 0 Å². The molecule has 0 aliphatic rings. The quantitative estimate of drug-likeness (QED) is 0.143. The van der Waals surface area contributed by atoms with E-state index in [1.165, 1.54) is 60.2 Å². The summed E-state index contributed by atoms with van der Waals surface area (Å²) in [5, 5.41) is 7.46. The lowest BCUT2D eigenvalue weighted by molar-refractivity contribution is 0.689. The van der Waals surface area contributed by atoms with Gasteiger partial charge in [-0.25, -0.2) is 0 Å². The van der Waals surface area contributed by atoms with Crippen LogP contribution in [-0.4, -0.2) is 24.9 Å². The lowest BCUT2D eigenvalue weighted by Gasteiger charge is -2.13. The first-order valence-electron chi connectivity index (χ1n) is 18.0. The molecule has 0 amide bonds. The Morgan fingerprint density at radius 1 is 0.434 bits per heavy atom. The van der Waals surface area contributed by atoms with Crippen molar-refractivity contribution in [2.75, 3.05) is 14.1 Å². The first-order valence-corrected chi connectivity index (χ1v) is 18.0. The second-order valence-electron chi connectivity index (χ2n) is 12.7. The van der Waals surface area contributed by atoms with Gasteiger partial charge in [-0.05, 0) is 80.5 Å². The molecule has 0 aliphatic carbocycles. The second-order valence-corrected chi connectivity index (χ2v) is 12.7. The summed E-state index contributed by atoms with van der Waals surface area (Å²) < 4.78 is 2.41. The molecule has 0 atom stereocenters. The van der Waals surface area contributed by atoms with E-state index in [4.69, 9.17) is 4.99 Å². The minimum Gasteiger partial charge on any atom is -0.309 e. The van der Waals surface area contributed by atoms with Crippen molar-refractivity contribution in [3.05, 3.63) is 205 Å². The molecule has 8 aromatic carbocycles. The molecule has 0 saturated carbocycles. The monoisotopic (exact) mass is 690 g/mol. The number of fused-ring (bicyclic) bond motifs is 5. The van der Waals surface area contributed by atoms with Crippen molar-refractivity contribution in [2.45, 2.75) is 13.8 Å². The van der Waals surface area contributed by atoms with Crippen LogP contribution < -0.4 is 10.9 Å². The number of benzene rings is 8. The van der Waals surface area contributed by atoms with Gasteiger partial charge in [-0.3, -0.25) is 15.8 Å². The number of aryl methyl sites for hydroxylation is 2. The topological polar surface area (TPSA) is 41.4 Å². The van der Waals surface area contributed by atoms with Gasteiger partial charge in [0.15, 0.2) is 0 Å². The molecule has 0 spiro atoms. The van der Waals surface area contributed by atoms with Crippen molar-refractivity contribution >= 4 is 55.3 Å². The van der Waals surface area contributed by atoms with Gasteiger partial charge < -0.3 is 4.57 Å². The van der Waals surface area contributed by atoms with Crippen molar-refractivity contribution in [1.82, 2.24) is 15.4 Å². The first kappa shape index (κ1) is 36.5. The SMILES string of the molecule is C(=Nc1ccccc1)c1ccc(-n2c3ccccc3c3cc4ccccc4cc32)c2ccccc12.CNNC.Cc1ccccc1.Cc1ccccc1. The summed E-state index contributed by atoms with van der Waals surface area (Å²) in [6.07, 6.45) is 1.97. The number of rotatable bonds is 4. The predicted octanol–water partition coefficient (Wildman–Crippen LogP) is 12.2. The smallest absolute Gasteiger partial charge is 0.0629 e. The van der Waals surface area contributed by atoms with Crippen molar-refractivity contribution in [3.63, 3.8) is 0 Å². The van der Waals surface area contributed by atoms with Crippen LogP contribution in [0.15, 0.2) is 193 Å². The Morgan fingerprint density at radius 2 is 0.925 bits per heavy atom. The predicted molar refractivity (Wildman–Crippen MR) is 230 cm³/mol. The largest absolute Gasteiger partial charge is 0.309 e. The van der Waals surface area contributed by atoms with Crippen LogP contribution in [0.2, 0.25) is 0 Å². The minimum atomic E-state index is 0.954. The average molecular weight is 691 g/mol. The molecule has 9 aromatic rings. The van der Waals surface area contributed by atoms with E-state index < -0.39 is 0 Å². The molecular formula is C49H46N4. The summed E-state index contributed by atoms with van der Waals surface area (Å²) in [5.74, 6) is 0. The van der Waals surface area contributed by atoms with Crippen LogP contribution in [0.4, 0.5) is 5.69 Å². The van der Waals surface area contributed by atoms with Gasteiger partial charge in [0.25, 0.3) is 0 Å². The zero-order valence-corrected chi connectivity index (χ0v) is 30.9. The maximum Gasteiger partial charge on any atom is 0.0629 e. The molecule has 1 aromatic heterocycles. The van der Waals surface area contributed by atoms with Crippen LogP contribution in [-0.2, 0) is 0 Å². The summed E-state index contributed by atoms with van der Waals surface area (Å²) >= 11 is 0. The van der Waals surface area contributed by atoms with E-state index in [0.29, 0.717) is 0 Å². The summed E-state index contributed by atoms with van der Waals surface area (Å²) in [6, 6.07) is 65.6. The molecule has 53 heavy (non-hydrogen) atoms. The fourth-order valence-corrected chi connectivity index (χ4v) is 6.26. The second kappa shape index (κ2) is 18.2. The summed E-state index contributed by atoms with van der Waals surface area (Å²) in [7, 11) is 3.64. The molecular weight excluding hydrogens is 645 g/mol. The van der Waals surface area contributed by atoms with E-state index in [1.807, 2.05) is 87.0 Å². The highest BCUT2D eigenvalue weighted by Gasteiger charge is 2.15. The maximum atomic E-state index is 4.72. The molecule has 0 bridgehead atoms. The summed E-state index contributed by atoms with van der Waals surface area (Å²) in [5.41, 5.74) is 13.7. The molecule has 0 aliphatic heterocycles. The van der Waals surface area contributed by atoms with E-state index >= 15 is 0 Å². The van der Waals surface area contributed by atoms with Gasteiger partial charge in [0.2, 0.25) is 0 Å². The van der Waals surface area contributed by atoms with Crippen LogP contribution >= 0.6 is 0 Å². The van der Waals surface area contributed by atoms with Gasteiger partial charge in [0, 0.05) is 27.9 Å². The van der Waals surface area contributed by atoms with Gasteiger partial charge in [-0.15, -0.1) is 0 Å². The Labute approximate surface area is 313 Å². The zero-order valence-electron chi connectivity index (χ0n) is 30.9. The third-order valence-corrected chi connectivity index (χ3v) is 8.96. The molecule has 4 heteroatoms. The van der Waals surface area contributed by atoms with Crippen molar-refractivity contribution in [1.29, 1.82) is 0 Å². The van der Waals surface area contributed by atoms with Crippen LogP contribution in [0.5, 0.6) is 0 Å². The van der Waals surface area contributed by atoms with E-state index in [0.717, 1.165) is 11.3 Å². The normalized spacial score (nSPS) is 10.7. The number of hydrogen-bond donors (Lipinski definition) is 2. The number of aromatic nitrogens is 1. The number of nitrogens with one attached hydrogen (secondary N) is 2. The average Bonchev–Trinajstić information content (AvgIpc) is 3.53. The van der Waals surface area contributed by atoms with Crippen molar-refractivity contribution in [2.24, 2.45) is 4.99 Å². The Balaban J connectivity index is 0.000000219. The van der Waals surface area contributed by atoms with Crippen LogP contribution in [0.25, 0.3) is 49.0 Å². The molecule has 0 saturated heterocycles. The zero-order chi connectivity index (χ0) is 36.8. The van der Waals surface area contributed by atoms with Gasteiger partial charge in [0.05, 0.1) is 22.4 Å². The van der Waals surface area contributed by atoms with Crippen molar-refractivity contribution < 1.29 is 0 Å². The molecule has 4 nitrogen and oxygen atoms in total. The molecule has 262 valence electrons. The van der Waals surface area contributed by atoms with Crippen LogP contribution in [0.1, 0.15) is 16.7 Å². The van der Waals surface area contributed by atoms with Crippen molar-refractivity contribution in [3.8, 4) is 5.69 Å². The standard InChI is InChI=1S/C33H22N2.2C7H8.C2H8N2/c1-2-12-26(13-3-1)34-22-25-18-19-32(28-15-7-6-14-27(25)28)35-31-17-9-8-16-29(31)30-20-23-10-4-5-11-24(23)21-33(30)35;2*1-7-5-3-2-4-6-7;1-3-4-2/h1-22H;2*2-6H,1H3;3-4H,1-2H3. The van der Waals surface area contributed by atoms with Crippen LogP contribution in [0, 0.1) is 13.8 Å². The van der Waals surface area contributed by atoms with E-state index in [2.05, 4.69) is 151 Å². The number of aliphatic imine (C=N–C) groups is 1. The molecule has 2 N–H and O–H groups in total. The number of hydrazine groups is 1. The first-order chi connectivity index (χ1) is 26.1. The third-order valence-electron chi connectivity index (χ3n) is 8.96. The van der Waals surface area contributed by atoms with Gasteiger partial charge in [-0.2, -0.15) is 0 Å². The van der Waals surface area contributed by atoms with E-state index in [1.54, 1.807) is 0 Å². The number of nitrogens with zero attached hydrogens (tertiary/aromatic N) is 2. The van der Waals surface area contributed by atoms with E-state index in [-0.39, 0.29) is 0 Å². The van der Waals surface area contributed by atoms with Gasteiger partial charge >= 0.3 is 0 Å². The fourth-order valence-electron chi connectivity index (χ4n) is 6.26. The molecule has 0 fully saturated rings. The Morgan fingerprint density at radius 3 is 1.49 bits per heavy atom. The third kappa shape index (κ3) is 9.13. The Kier molecular flexibility index (Phi) is 12.6. The fraction of sp³-hybridized carbons (Fsp3) is 0.0816. The Hall–Kier alpha value is -6.33. The highest BCUT2D eigenvalue weighted by molar-refractivity contribution is 6.15. The van der Waals surface area contributed by atoms with Gasteiger partial charge in [0.1, 0.15) is 0 Å². The summed E-state index contributed by atoms with van der Waals surface area (Å²) in [6.45, 7) is 4.17. The maximum absolute atomic E-state index is 4.72. The van der Waals surface area contributed by atoms with Gasteiger partial charge in [-0.1, -0.05) is 163 Å². The number of para-hydroxylation sites is 2. The molecule has 9 rings (SSSR count). The number of hydrogen-bond acceptors (Lipinski definition) is 3. The minimum absolute atomic E-state index is 0.954. The Bertz CT molecular complexity index is 2500. The molecule has 0 radical (unpaired) electrons. The highest BCUT2D eigenvalue weighted by atomic mass is 15.3. The lowest BCUT2D eigenvalue weighted by atomic mass is 10.0. The molecule has 0 unspecified atom stereocenters. The molecule has 1 heterocycles.